The van der Waals surface area contributed by atoms with Crippen LogP contribution in [0.25, 0.3) is 0 Å². The molecule has 1 aliphatic heterocycles. The topological polar surface area (TPSA) is 3.24 Å². The number of anilines is 1. The smallest absolute Gasteiger partial charge is 0.0553 e. The molecule has 0 amide bonds. The van der Waals surface area contributed by atoms with Crippen LogP contribution in [0.2, 0.25) is 0 Å². The fourth-order valence-electron chi connectivity index (χ4n) is 2.31. The average molecular weight is 267 g/mol. The predicted molar refractivity (Wildman–Crippen MR) is 83.6 cm³/mol. The van der Waals surface area contributed by atoms with Gasteiger partial charge < -0.3 is 4.90 Å². The summed E-state index contributed by atoms with van der Waals surface area (Å²) in [7, 11) is 0. The SMILES string of the molecule is CC1(Sc2ccccc2)C=CN(c2ccccc2)C1. The summed E-state index contributed by atoms with van der Waals surface area (Å²) in [6.45, 7) is 3.31. The predicted octanol–water partition coefficient (Wildman–Crippen LogP) is 4.57. The number of rotatable bonds is 3. The summed E-state index contributed by atoms with van der Waals surface area (Å²) in [4.78, 5) is 3.64. The van der Waals surface area contributed by atoms with Crippen molar-refractivity contribution < 1.29 is 0 Å². The van der Waals surface area contributed by atoms with Crippen LogP contribution in [-0.2, 0) is 0 Å². The highest BCUT2D eigenvalue weighted by Gasteiger charge is 2.30. The molecule has 1 heterocycles. The third-order valence-electron chi connectivity index (χ3n) is 3.27. The maximum absolute atomic E-state index is 2.32. The molecule has 1 aliphatic rings. The van der Waals surface area contributed by atoms with Crippen molar-refractivity contribution in [1.29, 1.82) is 0 Å². The van der Waals surface area contributed by atoms with Gasteiger partial charge in [-0.25, -0.2) is 0 Å². The van der Waals surface area contributed by atoms with Gasteiger partial charge in [-0.15, -0.1) is 11.8 Å². The quantitative estimate of drug-likeness (QED) is 0.801. The van der Waals surface area contributed by atoms with E-state index in [4.69, 9.17) is 0 Å². The van der Waals surface area contributed by atoms with E-state index in [2.05, 4.69) is 84.8 Å². The van der Waals surface area contributed by atoms with Crippen LogP contribution in [0.5, 0.6) is 0 Å². The van der Waals surface area contributed by atoms with Crippen LogP contribution in [0, 0.1) is 0 Å². The van der Waals surface area contributed by atoms with Crippen LogP contribution in [0.3, 0.4) is 0 Å². The highest BCUT2D eigenvalue weighted by Crippen LogP contribution is 2.38. The highest BCUT2D eigenvalue weighted by atomic mass is 32.2. The number of para-hydroxylation sites is 1. The molecule has 1 unspecified atom stereocenters. The zero-order valence-electron chi connectivity index (χ0n) is 11.0. The maximum Gasteiger partial charge on any atom is 0.0553 e. The molecule has 0 saturated heterocycles. The second-order valence-corrected chi connectivity index (χ2v) is 6.62. The average Bonchev–Trinajstić information content (AvgIpc) is 2.83. The Morgan fingerprint density at radius 3 is 2.26 bits per heavy atom. The first kappa shape index (κ1) is 12.4. The van der Waals surface area contributed by atoms with Crippen molar-refractivity contribution in [3.05, 3.63) is 72.9 Å². The van der Waals surface area contributed by atoms with Crippen LogP contribution in [0.1, 0.15) is 6.92 Å². The lowest BCUT2D eigenvalue weighted by Crippen LogP contribution is -2.27. The summed E-state index contributed by atoms with van der Waals surface area (Å²) in [5, 5.41) is 0. The summed E-state index contributed by atoms with van der Waals surface area (Å²) < 4.78 is 0.136. The first-order valence-corrected chi connectivity index (χ1v) is 7.32. The summed E-state index contributed by atoms with van der Waals surface area (Å²) in [6, 6.07) is 21.1. The van der Waals surface area contributed by atoms with Gasteiger partial charge in [0, 0.05) is 23.3 Å². The second kappa shape index (κ2) is 5.14. The number of benzene rings is 2. The van der Waals surface area contributed by atoms with Crippen LogP contribution >= 0.6 is 11.8 Å². The Kier molecular flexibility index (Phi) is 3.34. The Morgan fingerprint density at radius 1 is 0.947 bits per heavy atom. The zero-order chi connectivity index (χ0) is 13.1. The normalized spacial score (nSPS) is 21.8. The lowest BCUT2D eigenvalue weighted by atomic mass is 10.2. The molecule has 1 atom stereocenters. The summed E-state index contributed by atoms with van der Waals surface area (Å²) in [6.07, 6.45) is 4.50. The van der Waals surface area contributed by atoms with Gasteiger partial charge in [0.05, 0.1) is 4.75 Å². The molecule has 96 valence electrons. The number of hydrogen-bond acceptors (Lipinski definition) is 2. The third kappa shape index (κ3) is 2.85. The lowest BCUT2D eigenvalue weighted by molar-refractivity contribution is 0.818. The monoisotopic (exact) mass is 267 g/mol. The van der Waals surface area contributed by atoms with Crippen LogP contribution < -0.4 is 4.90 Å². The van der Waals surface area contributed by atoms with Gasteiger partial charge in [0.1, 0.15) is 0 Å². The molecule has 0 saturated carbocycles. The van der Waals surface area contributed by atoms with E-state index in [0.29, 0.717) is 0 Å². The van der Waals surface area contributed by atoms with E-state index < -0.39 is 0 Å². The van der Waals surface area contributed by atoms with Gasteiger partial charge in [0.2, 0.25) is 0 Å². The van der Waals surface area contributed by atoms with Crippen LogP contribution in [0.15, 0.2) is 77.8 Å². The summed E-state index contributed by atoms with van der Waals surface area (Å²) >= 11 is 1.92. The molecule has 3 rings (SSSR count). The van der Waals surface area contributed by atoms with Crippen molar-refractivity contribution in [3.63, 3.8) is 0 Å². The fraction of sp³-hybridized carbons (Fsp3) is 0.176. The Labute approximate surface area is 119 Å². The van der Waals surface area contributed by atoms with Crippen LogP contribution in [0.4, 0.5) is 5.69 Å². The van der Waals surface area contributed by atoms with E-state index in [1.54, 1.807) is 0 Å². The Bertz CT molecular complexity index is 564. The maximum atomic E-state index is 2.32. The van der Waals surface area contributed by atoms with Gasteiger partial charge in [-0.1, -0.05) is 42.5 Å². The minimum atomic E-state index is 0.136. The van der Waals surface area contributed by atoms with E-state index in [-0.39, 0.29) is 4.75 Å². The molecule has 19 heavy (non-hydrogen) atoms. The van der Waals surface area contributed by atoms with E-state index in [0.717, 1.165) is 6.54 Å². The van der Waals surface area contributed by atoms with Gasteiger partial charge in [-0.3, -0.25) is 0 Å². The van der Waals surface area contributed by atoms with Gasteiger partial charge in [0.15, 0.2) is 0 Å². The van der Waals surface area contributed by atoms with Crippen molar-refractivity contribution in [2.75, 3.05) is 11.4 Å². The standard InChI is InChI=1S/C17H17NS/c1-17(19-16-10-6-3-7-11-16)12-13-18(14-17)15-8-4-2-5-9-15/h2-13H,14H2,1H3. The van der Waals surface area contributed by atoms with E-state index in [1.807, 2.05) is 11.8 Å². The first-order valence-electron chi connectivity index (χ1n) is 6.50. The Balaban J connectivity index is 1.73. The highest BCUT2D eigenvalue weighted by molar-refractivity contribution is 8.00. The van der Waals surface area contributed by atoms with E-state index in [9.17, 15) is 0 Å². The van der Waals surface area contributed by atoms with Gasteiger partial charge in [0.25, 0.3) is 0 Å². The van der Waals surface area contributed by atoms with Crippen molar-refractivity contribution in [3.8, 4) is 0 Å². The Morgan fingerprint density at radius 2 is 1.58 bits per heavy atom. The van der Waals surface area contributed by atoms with Crippen LogP contribution in [-0.4, -0.2) is 11.3 Å². The minimum absolute atomic E-state index is 0.136. The Hall–Kier alpha value is -1.67. The van der Waals surface area contributed by atoms with Crippen molar-refractivity contribution in [2.24, 2.45) is 0 Å². The molecule has 0 radical (unpaired) electrons. The van der Waals surface area contributed by atoms with Gasteiger partial charge >= 0.3 is 0 Å². The van der Waals surface area contributed by atoms with Gasteiger partial charge in [-0.05, 0) is 31.2 Å². The van der Waals surface area contributed by atoms with Crippen molar-refractivity contribution in [1.82, 2.24) is 0 Å². The molecule has 1 nitrogen and oxygen atoms in total. The molecule has 0 aliphatic carbocycles. The van der Waals surface area contributed by atoms with E-state index >= 15 is 0 Å². The molecule has 2 heteroatoms. The molecule has 0 bridgehead atoms. The molecule has 0 N–H and O–H groups in total. The van der Waals surface area contributed by atoms with Crippen molar-refractivity contribution in [2.45, 2.75) is 16.6 Å². The van der Waals surface area contributed by atoms with E-state index in [1.165, 1.54) is 10.6 Å². The molecule has 0 fully saturated rings. The third-order valence-corrected chi connectivity index (χ3v) is 4.51. The van der Waals surface area contributed by atoms with Crippen molar-refractivity contribution >= 4 is 17.4 Å². The van der Waals surface area contributed by atoms with Gasteiger partial charge in [-0.2, -0.15) is 0 Å². The molecule has 0 spiro atoms. The minimum Gasteiger partial charge on any atom is -0.347 e. The first-order chi connectivity index (χ1) is 9.25. The number of thioether (sulfide) groups is 1. The zero-order valence-corrected chi connectivity index (χ0v) is 11.8. The summed E-state index contributed by atoms with van der Waals surface area (Å²) in [5.41, 5.74) is 1.26. The summed E-state index contributed by atoms with van der Waals surface area (Å²) in [5.74, 6) is 0. The largest absolute Gasteiger partial charge is 0.347 e. The molecular weight excluding hydrogens is 250 g/mol. The number of nitrogens with zero attached hydrogens (tertiary/aromatic N) is 1. The molecule has 2 aromatic carbocycles. The second-order valence-electron chi connectivity index (χ2n) is 5.01. The number of hydrogen-bond donors (Lipinski definition) is 0. The molecular formula is C17H17NS. The molecule has 0 aromatic heterocycles. The molecule has 2 aromatic rings. The lowest BCUT2D eigenvalue weighted by Gasteiger charge is -2.25. The fourth-order valence-corrected chi connectivity index (χ4v) is 3.48.